The van der Waals surface area contributed by atoms with E-state index >= 15 is 0 Å². The van der Waals surface area contributed by atoms with Gasteiger partial charge >= 0.3 is 5.97 Å². The summed E-state index contributed by atoms with van der Waals surface area (Å²) in [6, 6.07) is 10.7. The van der Waals surface area contributed by atoms with Crippen molar-refractivity contribution in [3.63, 3.8) is 0 Å². The van der Waals surface area contributed by atoms with Crippen molar-refractivity contribution in [1.82, 2.24) is 0 Å². The van der Waals surface area contributed by atoms with Gasteiger partial charge in [0.2, 0.25) is 0 Å². The van der Waals surface area contributed by atoms with Crippen LogP contribution in [0.15, 0.2) is 47.4 Å². The van der Waals surface area contributed by atoms with Crippen LogP contribution in [0.4, 0.5) is 5.69 Å². The number of rotatable bonds is 4. The molecule has 1 aromatic heterocycles. The molecular formula is C16H11Cl2NO4S2. The molecule has 0 aliphatic carbocycles. The van der Waals surface area contributed by atoms with Gasteiger partial charge in [-0.2, -0.15) is 0 Å². The Labute approximate surface area is 158 Å². The number of hydrogen-bond donors (Lipinski definition) is 1. The maximum atomic E-state index is 12.5. The van der Waals surface area contributed by atoms with Crippen LogP contribution in [0.2, 0.25) is 10.0 Å². The van der Waals surface area contributed by atoms with E-state index in [0.717, 1.165) is 10.1 Å². The van der Waals surface area contributed by atoms with Gasteiger partial charge in [-0.05, 0) is 47.9 Å². The number of sulfonamides is 1. The Morgan fingerprint density at radius 1 is 1.08 bits per heavy atom. The zero-order chi connectivity index (χ0) is 18.2. The number of benzene rings is 2. The van der Waals surface area contributed by atoms with E-state index in [1.165, 1.54) is 36.6 Å². The van der Waals surface area contributed by atoms with Crippen LogP contribution in [0.25, 0.3) is 10.1 Å². The first-order valence-electron chi connectivity index (χ1n) is 6.89. The third kappa shape index (κ3) is 3.90. The molecule has 0 amide bonds. The number of anilines is 1. The molecule has 5 nitrogen and oxygen atoms in total. The SMILES string of the molecule is COC(=O)c1cc2cc(NS(=O)(=O)c3cc(Cl)cc(Cl)c3)ccc2s1. The Hall–Kier alpha value is -1.80. The Kier molecular flexibility index (Phi) is 4.92. The highest BCUT2D eigenvalue weighted by molar-refractivity contribution is 7.92. The highest BCUT2D eigenvalue weighted by atomic mass is 35.5. The molecule has 1 heterocycles. The molecule has 0 atom stereocenters. The lowest BCUT2D eigenvalue weighted by Crippen LogP contribution is -2.12. The molecule has 0 fully saturated rings. The summed E-state index contributed by atoms with van der Waals surface area (Å²) in [6.07, 6.45) is 0. The molecule has 25 heavy (non-hydrogen) atoms. The number of carbonyl (C=O) groups excluding carboxylic acids is 1. The Balaban J connectivity index is 1.95. The number of ether oxygens (including phenoxy) is 1. The van der Waals surface area contributed by atoms with Gasteiger partial charge < -0.3 is 4.74 Å². The predicted octanol–water partition coefficient (Wildman–Crippen LogP) is 4.80. The number of hydrogen-bond acceptors (Lipinski definition) is 5. The summed E-state index contributed by atoms with van der Waals surface area (Å²) in [5.74, 6) is -0.433. The summed E-state index contributed by atoms with van der Waals surface area (Å²) in [5.41, 5.74) is 0.359. The van der Waals surface area contributed by atoms with E-state index in [4.69, 9.17) is 27.9 Å². The molecule has 130 valence electrons. The third-order valence-electron chi connectivity index (χ3n) is 3.30. The second-order valence-electron chi connectivity index (χ2n) is 5.07. The van der Waals surface area contributed by atoms with Crippen LogP contribution in [-0.2, 0) is 14.8 Å². The molecule has 0 radical (unpaired) electrons. The van der Waals surface area contributed by atoms with Gasteiger partial charge in [0, 0.05) is 20.4 Å². The van der Waals surface area contributed by atoms with Crippen molar-refractivity contribution < 1.29 is 17.9 Å². The van der Waals surface area contributed by atoms with Crippen LogP contribution in [0, 0.1) is 0 Å². The van der Waals surface area contributed by atoms with E-state index in [0.29, 0.717) is 10.6 Å². The molecule has 0 unspecified atom stereocenters. The Bertz CT molecular complexity index is 1060. The van der Waals surface area contributed by atoms with Gasteiger partial charge in [-0.1, -0.05) is 23.2 Å². The molecule has 1 N–H and O–H groups in total. The number of esters is 1. The molecule has 0 aliphatic heterocycles. The minimum absolute atomic E-state index is 0.0364. The number of methoxy groups -OCH3 is 1. The molecule has 3 aromatic rings. The van der Waals surface area contributed by atoms with Crippen LogP contribution >= 0.6 is 34.5 Å². The van der Waals surface area contributed by atoms with Crippen molar-refractivity contribution >= 4 is 66.3 Å². The van der Waals surface area contributed by atoms with Gasteiger partial charge in [0.1, 0.15) is 4.88 Å². The number of thiophene rings is 1. The fourth-order valence-electron chi connectivity index (χ4n) is 2.21. The van der Waals surface area contributed by atoms with Gasteiger partial charge in [-0.3, -0.25) is 4.72 Å². The average Bonchev–Trinajstić information content (AvgIpc) is 2.96. The third-order valence-corrected chi connectivity index (χ3v) is 6.19. The molecule has 2 aromatic carbocycles. The van der Waals surface area contributed by atoms with Crippen molar-refractivity contribution in [2.24, 2.45) is 0 Å². The standard InChI is InChI=1S/C16H11Cl2NO4S2/c1-23-16(20)15-5-9-4-12(2-3-14(9)24-15)19-25(21,22)13-7-10(17)6-11(18)8-13/h2-8,19H,1H3. The van der Waals surface area contributed by atoms with Crippen LogP contribution in [-0.4, -0.2) is 21.5 Å². The van der Waals surface area contributed by atoms with Crippen LogP contribution in [0.3, 0.4) is 0 Å². The van der Waals surface area contributed by atoms with Gasteiger partial charge in [0.05, 0.1) is 12.0 Å². The maximum absolute atomic E-state index is 12.5. The fraction of sp³-hybridized carbons (Fsp3) is 0.0625. The molecule has 0 saturated heterocycles. The molecule has 0 bridgehead atoms. The Morgan fingerprint density at radius 2 is 1.76 bits per heavy atom. The first-order valence-corrected chi connectivity index (χ1v) is 9.95. The van der Waals surface area contributed by atoms with Crippen molar-refractivity contribution in [3.8, 4) is 0 Å². The largest absolute Gasteiger partial charge is 0.465 e. The number of fused-ring (bicyclic) bond motifs is 1. The van der Waals surface area contributed by atoms with Gasteiger partial charge in [0.25, 0.3) is 10.0 Å². The highest BCUT2D eigenvalue weighted by Gasteiger charge is 2.17. The summed E-state index contributed by atoms with van der Waals surface area (Å²) >= 11 is 13.0. The van der Waals surface area contributed by atoms with Crippen LogP contribution in [0.1, 0.15) is 9.67 Å². The first kappa shape index (κ1) is 18.0. The lowest BCUT2D eigenvalue weighted by Gasteiger charge is -2.09. The number of nitrogens with one attached hydrogen (secondary N) is 1. The summed E-state index contributed by atoms with van der Waals surface area (Å²) in [4.78, 5) is 12.0. The van der Waals surface area contributed by atoms with Crippen molar-refractivity contribution in [3.05, 3.63) is 57.4 Å². The van der Waals surface area contributed by atoms with Gasteiger partial charge in [0.15, 0.2) is 0 Å². The van der Waals surface area contributed by atoms with Crippen LogP contribution < -0.4 is 4.72 Å². The van der Waals surface area contributed by atoms with Crippen LogP contribution in [0.5, 0.6) is 0 Å². The summed E-state index contributed by atoms with van der Waals surface area (Å²) in [7, 11) is -2.54. The molecule has 9 heteroatoms. The van der Waals surface area contributed by atoms with E-state index < -0.39 is 16.0 Å². The van der Waals surface area contributed by atoms with Gasteiger partial charge in [-0.25, -0.2) is 13.2 Å². The summed E-state index contributed by atoms with van der Waals surface area (Å²) < 4.78 is 33.0. The van der Waals surface area contributed by atoms with Crippen molar-refractivity contribution in [2.45, 2.75) is 4.90 Å². The average molecular weight is 416 g/mol. The van der Waals surface area contributed by atoms with Crippen molar-refractivity contribution in [1.29, 1.82) is 0 Å². The predicted molar refractivity (Wildman–Crippen MR) is 100 cm³/mol. The van der Waals surface area contributed by atoms with E-state index in [1.807, 2.05) is 0 Å². The maximum Gasteiger partial charge on any atom is 0.348 e. The summed E-state index contributed by atoms with van der Waals surface area (Å²) in [5, 5.41) is 1.18. The minimum Gasteiger partial charge on any atom is -0.465 e. The van der Waals surface area contributed by atoms with Crippen molar-refractivity contribution in [2.75, 3.05) is 11.8 Å². The fourth-order valence-corrected chi connectivity index (χ4v) is 4.94. The Morgan fingerprint density at radius 3 is 2.40 bits per heavy atom. The molecule has 0 aliphatic rings. The van der Waals surface area contributed by atoms with Gasteiger partial charge in [-0.15, -0.1) is 11.3 Å². The second kappa shape index (κ2) is 6.84. The smallest absolute Gasteiger partial charge is 0.348 e. The molecule has 3 rings (SSSR count). The molecule has 0 saturated carbocycles. The van der Waals surface area contributed by atoms with E-state index in [2.05, 4.69) is 4.72 Å². The zero-order valence-electron chi connectivity index (χ0n) is 12.7. The first-order chi connectivity index (χ1) is 11.8. The summed E-state index contributed by atoms with van der Waals surface area (Å²) in [6.45, 7) is 0. The monoisotopic (exact) mass is 415 g/mol. The number of carbonyl (C=O) groups is 1. The van der Waals surface area contributed by atoms with E-state index in [1.54, 1.807) is 24.3 Å². The minimum atomic E-state index is -3.85. The van der Waals surface area contributed by atoms with E-state index in [9.17, 15) is 13.2 Å². The topological polar surface area (TPSA) is 72.5 Å². The van der Waals surface area contributed by atoms with E-state index in [-0.39, 0.29) is 14.9 Å². The normalized spacial score (nSPS) is 11.5. The second-order valence-corrected chi connectivity index (χ2v) is 8.70. The molecular weight excluding hydrogens is 405 g/mol. The lowest BCUT2D eigenvalue weighted by molar-refractivity contribution is 0.0606. The zero-order valence-corrected chi connectivity index (χ0v) is 15.9. The quantitative estimate of drug-likeness (QED) is 0.621. The highest BCUT2D eigenvalue weighted by Crippen LogP contribution is 2.30. The lowest BCUT2D eigenvalue weighted by atomic mass is 10.2. The number of halogens is 2. The molecule has 0 spiro atoms.